The van der Waals surface area contributed by atoms with Crippen molar-refractivity contribution in [1.82, 2.24) is 15.2 Å². The molecule has 1 fully saturated rings. The molecule has 0 saturated carbocycles. The Hall–Kier alpha value is -0.930. The average Bonchev–Trinajstić information content (AvgIpc) is 2.38. The zero-order valence-corrected chi connectivity index (χ0v) is 12.5. The van der Waals surface area contributed by atoms with Crippen molar-refractivity contribution >= 4 is 0 Å². The van der Waals surface area contributed by atoms with Crippen molar-refractivity contribution in [1.29, 1.82) is 0 Å². The van der Waals surface area contributed by atoms with E-state index in [1.165, 1.54) is 31.5 Å². The van der Waals surface area contributed by atoms with Crippen LogP contribution in [0, 0.1) is 0 Å². The van der Waals surface area contributed by atoms with E-state index in [1.54, 1.807) is 0 Å². The second kappa shape index (κ2) is 6.49. The summed E-state index contributed by atoms with van der Waals surface area (Å²) in [5.41, 5.74) is 1.39. The number of hydrogen-bond acceptors (Lipinski definition) is 3. The van der Waals surface area contributed by atoms with Crippen LogP contribution in [0.5, 0.6) is 0 Å². The summed E-state index contributed by atoms with van der Waals surface area (Å²) in [6.45, 7) is 9.97. The molecule has 1 aliphatic rings. The summed E-state index contributed by atoms with van der Waals surface area (Å²) in [4.78, 5) is 7.04. The van der Waals surface area contributed by atoms with Gasteiger partial charge in [0.15, 0.2) is 0 Å². The van der Waals surface area contributed by atoms with Gasteiger partial charge in [-0.3, -0.25) is 9.88 Å². The fraction of sp³-hybridized carbons (Fsp3) is 0.688. The van der Waals surface area contributed by atoms with Gasteiger partial charge < -0.3 is 5.32 Å². The first kappa shape index (κ1) is 14.5. The number of piperidine rings is 1. The zero-order valence-electron chi connectivity index (χ0n) is 12.5. The zero-order chi connectivity index (χ0) is 13.7. The van der Waals surface area contributed by atoms with Crippen LogP contribution in [0.4, 0.5) is 0 Å². The third-order valence-corrected chi connectivity index (χ3v) is 3.71. The first-order chi connectivity index (χ1) is 9.04. The normalized spacial score (nSPS) is 21.5. The van der Waals surface area contributed by atoms with Crippen LogP contribution in [-0.4, -0.2) is 34.6 Å². The summed E-state index contributed by atoms with van der Waals surface area (Å²) in [6, 6.07) is 6.84. The highest BCUT2D eigenvalue weighted by molar-refractivity contribution is 5.04. The fourth-order valence-electron chi connectivity index (χ4n) is 2.62. The van der Waals surface area contributed by atoms with Crippen LogP contribution in [0.3, 0.4) is 0 Å². The van der Waals surface area contributed by atoms with Crippen molar-refractivity contribution in [3.05, 3.63) is 30.1 Å². The molecule has 1 atom stereocenters. The molecule has 0 bridgehead atoms. The summed E-state index contributed by atoms with van der Waals surface area (Å²) in [5.74, 6) is 0. The molecule has 106 valence electrons. The Bertz CT molecular complexity index is 369. The summed E-state index contributed by atoms with van der Waals surface area (Å²) in [7, 11) is 0. The minimum absolute atomic E-state index is 0.202. The highest BCUT2D eigenvalue weighted by Gasteiger charge is 2.23. The Labute approximate surface area is 117 Å². The van der Waals surface area contributed by atoms with Crippen LogP contribution < -0.4 is 5.32 Å². The molecule has 0 spiro atoms. The molecule has 3 nitrogen and oxygen atoms in total. The van der Waals surface area contributed by atoms with Gasteiger partial charge in [0.1, 0.15) is 0 Å². The maximum absolute atomic E-state index is 4.45. The third kappa shape index (κ3) is 4.92. The molecule has 3 heteroatoms. The van der Waals surface area contributed by atoms with Gasteiger partial charge >= 0.3 is 0 Å². The smallest absolute Gasteiger partial charge is 0.0544 e. The summed E-state index contributed by atoms with van der Waals surface area (Å²) < 4.78 is 0. The van der Waals surface area contributed by atoms with Gasteiger partial charge in [0.05, 0.1) is 5.69 Å². The van der Waals surface area contributed by atoms with E-state index in [0.717, 1.165) is 13.1 Å². The Balaban J connectivity index is 1.92. The minimum atomic E-state index is 0.202. The summed E-state index contributed by atoms with van der Waals surface area (Å²) >= 11 is 0. The summed E-state index contributed by atoms with van der Waals surface area (Å²) in [5, 5.41) is 3.65. The second-order valence-corrected chi connectivity index (χ2v) is 6.57. The van der Waals surface area contributed by atoms with Gasteiger partial charge in [-0.1, -0.05) is 12.5 Å². The maximum Gasteiger partial charge on any atom is 0.0544 e. The van der Waals surface area contributed by atoms with E-state index in [-0.39, 0.29) is 5.54 Å². The predicted molar refractivity (Wildman–Crippen MR) is 80.0 cm³/mol. The Kier molecular flexibility index (Phi) is 4.94. The molecule has 0 aromatic carbocycles. The molecule has 2 heterocycles. The van der Waals surface area contributed by atoms with Crippen molar-refractivity contribution in [2.24, 2.45) is 0 Å². The number of nitrogens with zero attached hydrogens (tertiary/aromatic N) is 2. The lowest BCUT2D eigenvalue weighted by Gasteiger charge is -2.37. The number of aromatic nitrogens is 1. The maximum atomic E-state index is 4.45. The Morgan fingerprint density at radius 2 is 2.16 bits per heavy atom. The fourth-order valence-corrected chi connectivity index (χ4v) is 2.62. The lowest BCUT2D eigenvalue weighted by Crippen LogP contribution is -2.49. The molecule has 2 rings (SSSR count). The minimum Gasteiger partial charge on any atom is -0.311 e. The molecule has 1 N–H and O–H groups in total. The molecule has 1 aliphatic heterocycles. The van der Waals surface area contributed by atoms with E-state index in [9.17, 15) is 0 Å². The second-order valence-electron chi connectivity index (χ2n) is 6.57. The molecule has 0 radical (unpaired) electrons. The Morgan fingerprint density at radius 3 is 2.84 bits per heavy atom. The first-order valence-electron chi connectivity index (χ1n) is 7.43. The quantitative estimate of drug-likeness (QED) is 0.903. The first-order valence-corrected chi connectivity index (χ1v) is 7.43. The van der Waals surface area contributed by atoms with E-state index >= 15 is 0 Å². The van der Waals surface area contributed by atoms with Gasteiger partial charge in [0.25, 0.3) is 0 Å². The average molecular weight is 261 g/mol. The van der Waals surface area contributed by atoms with Gasteiger partial charge in [-0.2, -0.15) is 0 Å². The van der Waals surface area contributed by atoms with Crippen molar-refractivity contribution in [3.8, 4) is 0 Å². The number of nitrogens with one attached hydrogen (secondary N) is 1. The van der Waals surface area contributed by atoms with E-state index < -0.39 is 0 Å². The van der Waals surface area contributed by atoms with Gasteiger partial charge in [-0.25, -0.2) is 0 Å². The van der Waals surface area contributed by atoms with Crippen LogP contribution in [0.2, 0.25) is 0 Å². The molecule has 0 aliphatic carbocycles. The van der Waals surface area contributed by atoms with Crippen molar-refractivity contribution in [2.75, 3.05) is 13.1 Å². The number of hydrogen-bond donors (Lipinski definition) is 1. The molecule has 0 amide bonds. The van der Waals surface area contributed by atoms with Gasteiger partial charge in [-0.05, 0) is 52.3 Å². The molecular formula is C16H27N3. The predicted octanol–water partition coefficient (Wildman–Crippen LogP) is 2.82. The lowest BCUT2D eigenvalue weighted by molar-refractivity contribution is 0.129. The molecular weight excluding hydrogens is 234 g/mol. The van der Waals surface area contributed by atoms with Crippen molar-refractivity contribution < 1.29 is 0 Å². The van der Waals surface area contributed by atoms with E-state index in [1.807, 2.05) is 12.3 Å². The highest BCUT2D eigenvalue weighted by atomic mass is 15.2. The van der Waals surface area contributed by atoms with E-state index in [0.29, 0.717) is 6.04 Å². The SMILES string of the molecule is CC(C)(C)NCC1CCCCN1Cc1ccccn1. The lowest BCUT2D eigenvalue weighted by atomic mass is 10.00. The number of pyridine rings is 1. The molecule has 1 aromatic heterocycles. The van der Waals surface area contributed by atoms with E-state index in [2.05, 4.69) is 48.1 Å². The largest absolute Gasteiger partial charge is 0.311 e. The van der Waals surface area contributed by atoms with E-state index in [4.69, 9.17) is 0 Å². The van der Waals surface area contributed by atoms with Crippen LogP contribution in [0.1, 0.15) is 45.7 Å². The Morgan fingerprint density at radius 1 is 1.32 bits per heavy atom. The molecule has 19 heavy (non-hydrogen) atoms. The third-order valence-electron chi connectivity index (χ3n) is 3.71. The van der Waals surface area contributed by atoms with Crippen LogP contribution in [-0.2, 0) is 6.54 Å². The standard InChI is InChI=1S/C16H27N3/c1-16(2,3)18-12-15-9-5-7-11-19(15)13-14-8-4-6-10-17-14/h4,6,8,10,15,18H,5,7,9,11-13H2,1-3H3. The molecule has 1 aromatic rings. The number of likely N-dealkylation sites (tertiary alicyclic amines) is 1. The molecule has 1 saturated heterocycles. The van der Waals surface area contributed by atoms with Crippen LogP contribution in [0.15, 0.2) is 24.4 Å². The molecule has 1 unspecified atom stereocenters. The van der Waals surface area contributed by atoms with Gasteiger partial charge in [0.2, 0.25) is 0 Å². The highest BCUT2D eigenvalue weighted by Crippen LogP contribution is 2.19. The summed E-state index contributed by atoms with van der Waals surface area (Å²) in [6.07, 6.45) is 5.87. The van der Waals surface area contributed by atoms with Crippen LogP contribution >= 0.6 is 0 Å². The van der Waals surface area contributed by atoms with Crippen LogP contribution in [0.25, 0.3) is 0 Å². The monoisotopic (exact) mass is 261 g/mol. The number of rotatable bonds is 4. The topological polar surface area (TPSA) is 28.2 Å². The van der Waals surface area contributed by atoms with Crippen molar-refractivity contribution in [3.63, 3.8) is 0 Å². The van der Waals surface area contributed by atoms with Gasteiger partial charge in [0, 0.05) is 30.9 Å². The van der Waals surface area contributed by atoms with Crippen molar-refractivity contribution in [2.45, 2.75) is 58.2 Å². The van der Waals surface area contributed by atoms with Gasteiger partial charge in [-0.15, -0.1) is 0 Å².